The van der Waals surface area contributed by atoms with E-state index in [0.29, 0.717) is 16.5 Å². The van der Waals surface area contributed by atoms with Crippen LogP contribution in [-0.4, -0.2) is 36.0 Å². The first-order valence-corrected chi connectivity index (χ1v) is 11.7. The summed E-state index contributed by atoms with van der Waals surface area (Å²) in [6.07, 6.45) is 2.56. The number of amidine groups is 1. The fraction of sp³-hybridized carbons (Fsp3) is 0.148. The summed E-state index contributed by atoms with van der Waals surface area (Å²) in [6, 6.07) is 25.6. The molecule has 34 heavy (non-hydrogen) atoms. The summed E-state index contributed by atoms with van der Waals surface area (Å²) in [5, 5.41) is 7.37. The fourth-order valence-corrected chi connectivity index (χ4v) is 4.84. The maximum Gasteiger partial charge on any atom is 0.286 e. The molecule has 2 heterocycles. The van der Waals surface area contributed by atoms with Gasteiger partial charge in [-0.15, -0.1) is 0 Å². The molecule has 2 aliphatic rings. The van der Waals surface area contributed by atoms with Gasteiger partial charge in [0.1, 0.15) is 11.5 Å². The normalized spacial score (nSPS) is 18.8. The summed E-state index contributed by atoms with van der Waals surface area (Å²) in [5.41, 5.74) is 4.02. The third kappa shape index (κ3) is 4.47. The summed E-state index contributed by atoms with van der Waals surface area (Å²) >= 11 is 1.35. The second kappa shape index (κ2) is 9.57. The molecule has 3 aromatic carbocycles. The van der Waals surface area contributed by atoms with Gasteiger partial charge in [-0.3, -0.25) is 4.79 Å². The van der Waals surface area contributed by atoms with Crippen LogP contribution < -0.4 is 9.47 Å². The van der Waals surface area contributed by atoms with Crippen LogP contribution in [0.25, 0.3) is 6.08 Å². The zero-order valence-corrected chi connectivity index (χ0v) is 19.7. The highest BCUT2D eigenvalue weighted by atomic mass is 32.2. The molecule has 0 bridgehead atoms. The molecule has 5 rings (SSSR count). The Hall–Kier alpha value is -3.84. The van der Waals surface area contributed by atoms with Crippen molar-refractivity contribution in [2.24, 2.45) is 10.1 Å². The third-order valence-corrected chi connectivity index (χ3v) is 6.71. The van der Waals surface area contributed by atoms with Crippen LogP contribution in [0.5, 0.6) is 11.5 Å². The van der Waals surface area contributed by atoms with Gasteiger partial charge < -0.3 is 9.47 Å². The van der Waals surface area contributed by atoms with Crippen molar-refractivity contribution in [3.8, 4) is 11.5 Å². The monoisotopic (exact) mass is 469 g/mol. The van der Waals surface area contributed by atoms with Crippen molar-refractivity contribution in [1.82, 2.24) is 5.01 Å². The zero-order valence-electron chi connectivity index (χ0n) is 18.8. The van der Waals surface area contributed by atoms with Crippen molar-refractivity contribution >= 4 is 34.6 Å². The van der Waals surface area contributed by atoms with Crippen LogP contribution in [0.3, 0.4) is 0 Å². The van der Waals surface area contributed by atoms with Crippen LogP contribution in [0.1, 0.15) is 29.2 Å². The molecule has 0 aromatic heterocycles. The van der Waals surface area contributed by atoms with Crippen molar-refractivity contribution < 1.29 is 14.3 Å². The number of ether oxygens (including phenoxy) is 2. The minimum absolute atomic E-state index is 0.0690. The van der Waals surface area contributed by atoms with Crippen LogP contribution in [0.2, 0.25) is 0 Å². The first-order chi connectivity index (χ1) is 16.6. The number of hydrogen-bond donors (Lipinski definition) is 0. The lowest BCUT2D eigenvalue weighted by Crippen LogP contribution is -2.23. The number of thioether (sulfide) groups is 1. The Bertz CT molecular complexity index is 1280. The van der Waals surface area contributed by atoms with Crippen molar-refractivity contribution in [3.63, 3.8) is 0 Å². The second-order valence-corrected chi connectivity index (χ2v) is 8.84. The van der Waals surface area contributed by atoms with E-state index in [0.717, 1.165) is 33.9 Å². The first kappa shape index (κ1) is 22.0. The molecule has 3 aromatic rings. The number of hydrazone groups is 1. The second-order valence-electron chi connectivity index (χ2n) is 7.83. The number of amides is 1. The number of nitrogens with zero attached hydrogens (tertiary/aromatic N) is 3. The van der Waals surface area contributed by atoms with E-state index in [2.05, 4.69) is 17.1 Å². The Balaban J connectivity index is 1.45. The largest absolute Gasteiger partial charge is 0.497 e. The first-order valence-electron chi connectivity index (χ1n) is 10.9. The Morgan fingerprint density at radius 3 is 2.21 bits per heavy atom. The maximum absolute atomic E-state index is 12.8. The molecule has 0 aliphatic carbocycles. The standard InChI is InChI=1S/C27H23N3O3S/c1-32-21-12-8-18(9-13-21)16-25-26(31)28-27(34-25)30-24(20-10-14-22(33-2)15-11-20)17-23(29-30)19-6-4-3-5-7-19/h3-16,24H,17H2,1-2H3/b25-16-. The molecule has 0 spiro atoms. The van der Waals surface area contributed by atoms with E-state index in [1.165, 1.54) is 11.8 Å². The zero-order chi connectivity index (χ0) is 23.5. The van der Waals surface area contributed by atoms with E-state index in [9.17, 15) is 4.79 Å². The van der Waals surface area contributed by atoms with E-state index in [4.69, 9.17) is 14.6 Å². The molecular formula is C27H23N3O3S. The molecule has 1 unspecified atom stereocenters. The van der Waals surface area contributed by atoms with Crippen molar-refractivity contribution in [3.05, 3.63) is 100 Å². The summed E-state index contributed by atoms with van der Waals surface area (Å²) in [6.45, 7) is 0. The lowest BCUT2D eigenvalue weighted by molar-refractivity contribution is -0.113. The van der Waals surface area contributed by atoms with Gasteiger partial charge in [0.15, 0.2) is 5.17 Å². The van der Waals surface area contributed by atoms with E-state index in [1.54, 1.807) is 14.2 Å². The smallest absolute Gasteiger partial charge is 0.286 e. The van der Waals surface area contributed by atoms with Gasteiger partial charge in [-0.25, -0.2) is 5.01 Å². The van der Waals surface area contributed by atoms with Crippen LogP contribution in [0.4, 0.5) is 0 Å². The van der Waals surface area contributed by atoms with E-state index >= 15 is 0 Å². The average molecular weight is 470 g/mol. The average Bonchev–Trinajstić information content (AvgIpc) is 3.49. The van der Waals surface area contributed by atoms with Gasteiger partial charge in [0.2, 0.25) is 0 Å². The molecule has 170 valence electrons. The van der Waals surface area contributed by atoms with Gasteiger partial charge in [-0.2, -0.15) is 10.1 Å². The molecule has 0 radical (unpaired) electrons. The number of methoxy groups -OCH3 is 2. The summed E-state index contributed by atoms with van der Waals surface area (Å²) < 4.78 is 10.5. The van der Waals surface area contributed by atoms with E-state index in [-0.39, 0.29) is 11.9 Å². The van der Waals surface area contributed by atoms with Gasteiger partial charge >= 0.3 is 0 Å². The van der Waals surface area contributed by atoms with E-state index < -0.39 is 0 Å². The minimum Gasteiger partial charge on any atom is -0.497 e. The van der Waals surface area contributed by atoms with Crippen molar-refractivity contribution in [2.75, 3.05) is 14.2 Å². The van der Waals surface area contributed by atoms with E-state index in [1.807, 2.05) is 77.8 Å². The molecule has 0 saturated heterocycles. The molecule has 1 atom stereocenters. The highest BCUT2D eigenvalue weighted by Gasteiger charge is 2.36. The lowest BCUT2D eigenvalue weighted by atomic mass is 9.98. The van der Waals surface area contributed by atoms with Crippen molar-refractivity contribution in [1.29, 1.82) is 0 Å². The lowest BCUT2D eigenvalue weighted by Gasteiger charge is -2.22. The summed E-state index contributed by atoms with van der Waals surface area (Å²) in [4.78, 5) is 17.7. The number of hydrogen-bond acceptors (Lipinski definition) is 6. The van der Waals surface area contributed by atoms with Crippen LogP contribution in [0.15, 0.2) is 93.9 Å². The molecule has 2 aliphatic heterocycles. The van der Waals surface area contributed by atoms with Gasteiger partial charge in [-0.1, -0.05) is 54.6 Å². The van der Waals surface area contributed by atoms with Crippen LogP contribution >= 0.6 is 11.8 Å². The minimum atomic E-state index is -0.257. The number of aliphatic imine (C=N–C) groups is 1. The topological polar surface area (TPSA) is 63.5 Å². The van der Waals surface area contributed by atoms with Gasteiger partial charge in [0.25, 0.3) is 5.91 Å². The third-order valence-electron chi connectivity index (χ3n) is 5.74. The Labute approximate surface area is 202 Å². The Morgan fingerprint density at radius 1 is 0.912 bits per heavy atom. The summed E-state index contributed by atoms with van der Waals surface area (Å²) in [5.74, 6) is 1.31. The van der Waals surface area contributed by atoms with Crippen LogP contribution in [0, 0.1) is 0 Å². The number of carbonyl (C=O) groups excluding carboxylic acids is 1. The fourth-order valence-electron chi connectivity index (χ4n) is 3.92. The van der Waals surface area contributed by atoms with Crippen molar-refractivity contribution in [2.45, 2.75) is 12.5 Å². The van der Waals surface area contributed by atoms with Gasteiger partial charge in [0.05, 0.1) is 30.9 Å². The summed E-state index contributed by atoms with van der Waals surface area (Å²) in [7, 11) is 3.28. The quantitative estimate of drug-likeness (QED) is 0.460. The predicted octanol–water partition coefficient (Wildman–Crippen LogP) is 5.53. The van der Waals surface area contributed by atoms with Crippen LogP contribution in [-0.2, 0) is 4.79 Å². The number of benzene rings is 3. The molecule has 0 fully saturated rings. The molecular weight excluding hydrogens is 446 g/mol. The highest BCUT2D eigenvalue weighted by Crippen LogP contribution is 2.40. The highest BCUT2D eigenvalue weighted by molar-refractivity contribution is 8.18. The predicted molar refractivity (Wildman–Crippen MR) is 136 cm³/mol. The Morgan fingerprint density at radius 2 is 1.56 bits per heavy atom. The molecule has 6 nitrogen and oxygen atoms in total. The number of rotatable bonds is 5. The molecule has 1 amide bonds. The number of carbonyl (C=O) groups is 1. The van der Waals surface area contributed by atoms with Gasteiger partial charge in [-0.05, 0) is 58.8 Å². The molecule has 7 heteroatoms. The van der Waals surface area contributed by atoms with Gasteiger partial charge in [0, 0.05) is 6.42 Å². The SMILES string of the molecule is COc1ccc(/C=C2\SC(N3N=C(c4ccccc4)CC3c3ccc(OC)cc3)=NC2=O)cc1. The molecule has 0 saturated carbocycles. The maximum atomic E-state index is 12.8. The molecule has 0 N–H and O–H groups in total. The Kier molecular flexibility index (Phi) is 6.18.